The summed E-state index contributed by atoms with van der Waals surface area (Å²) in [4.78, 5) is 0. The minimum absolute atomic E-state index is 0.286. The first-order chi connectivity index (χ1) is 8.65. The molecular weight excluding hydrogens is 230 g/mol. The van der Waals surface area contributed by atoms with Gasteiger partial charge in [-0.25, -0.2) is 0 Å². The molecule has 4 nitrogen and oxygen atoms in total. The summed E-state index contributed by atoms with van der Waals surface area (Å²) in [7, 11) is 1.66. The number of oxime groups is 1. The lowest BCUT2D eigenvalue weighted by Gasteiger charge is -2.44. The molecule has 4 heteroatoms. The van der Waals surface area contributed by atoms with Crippen LogP contribution in [0.5, 0.6) is 11.5 Å². The molecule has 96 valence electrons. The molecule has 1 heterocycles. The van der Waals surface area contributed by atoms with Gasteiger partial charge in [-0.1, -0.05) is 17.3 Å². The molecule has 1 aromatic rings. The van der Waals surface area contributed by atoms with Crippen molar-refractivity contribution in [2.75, 3.05) is 7.11 Å². The van der Waals surface area contributed by atoms with Crippen molar-refractivity contribution in [2.24, 2.45) is 5.16 Å². The standard InChI is InChI=1S/C14H17NO3/c1-14-7-9(6-10(8-14)15-16)11-4-3-5-12(17-2)13(11)18-14/h3-5,9,16H,6-8H2,1-2H3. The highest BCUT2D eigenvalue weighted by Crippen LogP contribution is 2.50. The molecular formula is C14H17NO3. The van der Waals surface area contributed by atoms with E-state index in [2.05, 4.69) is 18.1 Å². The zero-order valence-electron chi connectivity index (χ0n) is 10.6. The molecule has 2 atom stereocenters. The highest BCUT2D eigenvalue weighted by molar-refractivity contribution is 5.87. The van der Waals surface area contributed by atoms with Crippen LogP contribution in [-0.4, -0.2) is 23.6 Å². The first-order valence-corrected chi connectivity index (χ1v) is 6.21. The number of fused-ring (bicyclic) bond motifs is 4. The monoisotopic (exact) mass is 247 g/mol. The SMILES string of the molecule is COc1cccc2c1OC1(C)CC(=NO)CC2C1. The fraction of sp³-hybridized carbons (Fsp3) is 0.500. The van der Waals surface area contributed by atoms with Crippen LogP contribution < -0.4 is 9.47 Å². The van der Waals surface area contributed by atoms with E-state index in [0.29, 0.717) is 12.3 Å². The molecule has 0 radical (unpaired) electrons. The average Bonchev–Trinajstić information content (AvgIpc) is 2.37. The Hall–Kier alpha value is -1.71. The molecule has 3 rings (SSSR count). The van der Waals surface area contributed by atoms with Gasteiger partial charge in [0.1, 0.15) is 5.60 Å². The van der Waals surface area contributed by atoms with Crippen LogP contribution in [0.25, 0.3) is 0 Å². The smallest absolute Gasteiger partial charge is 0.165 e. The maximum Gasteiger partial charge on any atom is 0.165 e. The van der Waals surface area contributed by atoms with Crippen molar-refractivity contribution >= 4 is 5.71 Å². The molecule has 2 unspecified atom stereocenters. The number of para-hydroxylation sites is 1. The van der Waals surface area contributed by atoms with E-state index >= 15 is 0 Å². The molecule has 0 spiro atoms. The highest BCUT2D eigenvalue weighted by atomic mass is 16.5. The van der Waals surface area contributed by atoms with Crippen molar-refractivity contribution in [1.82, 2.24) is 0 Å². The summed E-state index contributed by atoms with van der Waals surface area (Å²) in [6.45, 7) is 2.07. The van der Waals surface area contributed by atoms with E-state index in [0.717, 1.165) is 35.6 Å². The summed E-state index contributed by atoms with van der Waals surface area (Å²) in [6.07, 6.45) is 2.44. The molecule has 1 aliphatic carbocycles. The van der Waals surface area contributed by atoms with Crippen molar-refractivity contribution in [3.8, 4) is 11.5 Å². The van der Waals surface area contributed by atoms with Gasteiger partial charge >= 0.3 is 0 Å². The second-order valence-corrected chi connectivity index (χ2v) is 5.38. The Balaban J connectivity index is 2.10. The van der Waals surface area contributed by atoms with E-state index in [1.54, 1.807) is 7.11 Å². The molecule has 2 bridgehead atoms. The average molecular weight is 247 g/mol. The first-order valence-electron chi connectivity index (χ1n) is 6.21. The van der Waals surface area contributed by atoms with Gasteiger partial charge < -0.3 is 14.7 Å². The second-order valence-electron chi connectivity index (χ2n) is 5.38. The Morgan fingerprint density at radius 2 is 2.33 bits per heavy atom. The van der Waals surface area contributed by atoms with Crippen LogP contribution in [0.1, 0.15) is 37.7 Å². The quantitative estimate of drug-likeness (QED) is 0.613. The molecule has 2 aliphatic rings. The topological polar surface area (TPSA) is 51.0 Å². The molecule has 0 saturated heterocycles. The summed E-state index contributed by atoms with van der Waals surface area (Å²) in [5.74, 6) is 2.00. The summed E-state index contributed by atoms with van der Waals surface area (Å²) in [6, 6.07) is 5.97. The number of hydrogen-bond acceptors (Lipinski definition) is 4. The van der Waals surface area contributed by atoms with Crippen LogP contribution >= 0.6 is 0 Å². The number of methoxy groups -OCH3 is 1. The minimum Gasteiger partial charge on any atom is -0.493 e. The lowest BCUT2D eigenvalue weighted by molar-refractivity contribution is 0.0473. The van der Waals surface area contributed by atoms with Gasteiger partial charge in [-0.3, -0.25) is 0 Å². The Morgan fingerprint density at radius 3 is 3.06 bits per heavy atom. The van der Waals surface area contributed by atoms with Gasteiger partial charge in [0.25, 0.3) is 0 Å². The van der Waals surface area contributed by atoms with E-state index in [4.69, 9.17) is 14.7 Å². The van der Waals surface area contributed by atoms with Gasteiger partial charge in [0.05, 0.1) is 12.8 Å². The highest BCUT2D eigenvalue weighted by Gasteiger charge is 2.44. The summed E-state index contributed by atoms with van der Waals surface area (Å²) < 4.78 is 11.5. The zero-order chi connectivity index (χ0) is 12.8. The van der Waals surface area contributed by atoms with Gasteiger partial charge in [0.15, 0.2) is 11.5 Å². The third-order valence-electron chi connectivity index (χ3n) is 3.90. The zero-order valence-corrected chi connectivity index (χ0v) is 10.6. The fourth-order valence-electron chi connectivity index (χ4n) is 3.20. The van der Waals surface area contributed by atoms with E-state index in [9.17, 15) is 0 Å². The third-order valence-corrected chi connectivity index (χ3v) is 3.90. The minimum atomic E-state index is -0.286. The largest absolute Gasteiger partial charge is 0.493 e. The van der Waals surface area contributed by atoms with Gasteiger partial charge in [-0.2, -0.15) is 0 Å². The fourth-order valence-corrected chi connectivity index (χ4v) is 3.20. The van der Waals surface area contributed by atoms with Crippen LogP contribution in [0.2, 0.25) is 0 Å². The van der Waals surface area contributed by atoms with Crippen LogP contribution in [-0.2, 0) is 0 Å². The molecule has 18 heavy (non-hydrogen) atoms. The summed E-state index contributed by atoms with van der Waals surface area (Å²) in [5.41, 5.74) is 1.70. The van der Waals surface area contributed by atoms with E-state index in [1.165, 1.54) is 0 Å². The normalized spacial score (nSPS) is 31.7. The van der Waals surface area contributed by atoms with Crippen molar-refractivity contribution in [2.45, 2.75) is 37.7 Å². The number of benzene rings is 1. The predicted molar refractivity (Wildman–Crippen MR) is 67.8 cm³/mol. The Labute approximate surface area is 106 Å². The Morgan fingerprint density at radius 1 is 1.50 bits per heavy atom. The van der Waals surface area contributed by atoms with Gasteiger partial charge in [0.2, 0.25) is 0 Å². The van der Waals surface area contributed by atoms with Crippen LogP contribution in [0.4, 0.5) is 0 Å². The Bertz CT molecular complexity index is 512. The summed E-state index contributed by atoms with van der Waals surface area (Å²) >= 11 is 0. The first kappa shape index (κ1) is 11.4. The number of nitrogens with zero attached hydrogens (tertiary/aromatic N) is 1. The van der Waals surface area contributed by atoms with Crippen molar-refractivity contribution in [1.29, 1.82) is 0 Å². The van der Waals surface area contributed by atoms with Crippen molar-refractivity contribution in [3.63, 3.8) is 0 Å². The van der Waals surface area contributed by atoms with Gasteiger partial charge in [-0.05, 0) is 31.7 Å². The van der Waals surface area contributed by atoms with E-state index in [-0.39, 0.29) is 5.60 Å². The number of ether oxygens (including phenoxy) is 2. The number of hydrogen-bond donors (Lipinski definition) is 1. The van der Waals surface area contributed by atoms with Crippen molar-refractivity contribution in [3.05, 3.63) is 23.8 Å². The predicted octanol–water partition coefficient (Wildman–Crippen LogP) is 2.94. The second kappa shape index (κ2) is 3.90. The van der Waals surface area contributed by atoms with Crippen LogP contribution in [0, 0.1) is 0 Å². The molecule has 1 aliphatic heterocycles. The van der Waals surface area contributed by atoms with Gasteiger partial charge in [0, 0.05) is 12.0 Å². The third kappa shape index (κ3) is 1.64. The summed E-state index contributed by atoms with van der Waals surface area (Å²) in [5, 5.41) is 12.4. The Kier molecular flexibility index (Phi) is 2.47. The lowest BCUT2D eigenvalue weighted by atomic mass is 9.72. The molecule has 1 aromatic carbocycles. The molecule has 0 amide bonds. The molecule has 1 saturated carbocycles. The van der Waals surface area contributed by atoms with E-state index in [1.807, 2.05) is 12.1 Å². The maximum absolute atomic E-state index is 9.02. The maximum atomic E-state index is 9.02. The van der Waals surface area contributed by atoms with Gasteiger partial charge in [-0.15, -0.1) is 0 Å². The lowest BCUT2D eigenvalue weighted by Crippen LogP contribution is -2.44. The van der Waals surface area contributed by atoms with Crippen LogP contribution in [0.3, 0.4) is 0 Å². The van der Waals surface area contributed by atoms with Crippen molar-refractivity contribution < 1.29 is 14.7 Å². The molecule has 1 fully saturated rings. The molecule has 0 aromatic heterocycles. The number of rotatable bonds is 1. The van der Waals surface area contributed by atoms with E-state index < -0.39 is 0 Å². The molecule has 1 N–H and O–H groups in total. The van der Waals surface area contributed by atoms with Crippen LogP contribution in [0.15, 0.2) is 23.4 Å².